The first kappa shape index (κ1) is 27.8. The quantitative estimate of drug-likeness (QED) is 0.132. The summed E-state index contributed by atoms with van der Waals surface area (Å²) in [5.41, 5.74) is 3.61. The van der Waals surface area contributed by atoms with Crippen molar-refractivity contribution >= 4 is 20.2 Å². The number of aliphatic hydroxyl groups is 5. The molecule has 10 N–H and O–H groups in total. The summed E-state index contributed by atoms with van der Waals surface area (Å²) in [7, 11) is -8.35. The van der Waals surface area contributed by atoms with Crippen molar-refractivity contribution < 1.29 is 51.5 Å². The number of nitrogens with two attached hydrogens (primary N) is 1. The summed E-state index contributed by atoms with van der Waals surface area (Å²) in [4.78, 5) is 0. The average molecular weight is 428 g/mol. The zero-order chi connectivity index (χ0) is 21.0. The van der Waals surface area contributed by atoms with E-state index in [2.05, 4.69) is 5.32 Å². The molecule has 0 rings (SSSR count). The van der Waals surface area contributed by atoms with Gasteiger partial charge in [-0.25, -0.2) is 0 Å². The van der Waals surface area contributed by atoms with Gasteiger partial charge in [-0.05, 0) is 6.42 Å². The highest BCUT2D eigenvalue weighted by Crippen LogP contribution is 2.02. The Hall–Kier alpha value is -0.460. The molecule has 0 bridgehead atoms. The van der Waals surface area contributed by atoms with Crippen LogP contribution in [0.15, 0.2) is 0 Å². The molecule has 0 fully saturated rings. The fraction of sp³-hybridized carbons (Fsp3) is 1.00. The predicted octanol–water partition coefficient (Wildman–Crippen LogP) is -4.88. The molecular weight excluding hydrogens is 400 g/mol. The van der Waals surface area contributed by atoms with E-state index in [9.17, 15) is 21.9 Å². The van der Waals surface area contributed by atoms with Crippen molar-refractivity contribution in [3.63, 3.8) is 0 Å². The second kappa shape index (κ2) is 12.8. The predicted molar refractivity (Wildman–Crippen MR) is 90.5 cm³/mol. The zero-order valence-corrected chi connectivity index (χ0v) is 15.6. The summed E-state index contributed by atoms with van der Waals surface area (Å²) in [6.45, 7) is -2.52. The molecule has 0 aliphatic rings. The second-order valence-corrected chi connectivity index (χ2v) is 8.62. The summed E-state index contributed by atoms with van der Waals surface area (Å²) in [5, 5.41) is 45.6. The second-order valence-electron chi connectivity index (χ2n) is 5.42. The van der Waals surface area contributed by atoms with E-state index in [1.54, 1.807) is 0 Å². The number of aliphatic hydroxyl groups excluding tert-OH is 5. The van der Waals surface area contributed by atoms with Crippen LogP contribution in [0, 0.1) is 0 Å². The SMILES string of the molecule is NCC(CCO)S(=O)(=O)O.O=S(=O)(O)CC(O)CNC(CO)(CO)CO. The van der Waals surface area contributed by atoms with Gasteiger partial charge < -0.3 is 36.6 Å². The van der Waals surface area contributed by atoms with Gasteiger partial charge in [0.05, 0.1) is 31.5 Å². The van der Waals surface area contributed by atoms with E-state index in [0.29, 0.717) is 0 Å². The van der Waals surface area contributed by atoms with Crippen molar-refractivity contribution in [2.45, 2.75) is 23.3 Å². The third-order valence-corrected chi connectivity index (χ3v) is 5.24. The van der Waals surface area contributed by atoms with Crippen LogP contribution in [0.3, 0.4) is 0 Å². The molecule has 0 aromatic heterocycles. The average Bonchev–Trinajstić information content (AvgIpc) is 2.52. The van der Waals surface area contributed by atoms with Crippen molar-refractivity contribution in [1.82, 2.24) is 5.32 Å². The van der Waals surface area contributed by atoms with E-state index in [1.807, 2.05) is 0 Å². The molecule has 0 heterocycles. The third kappa shape index (κ3) is 12.8. The van der Waals surface area contributed by atoms with Crippen LogP contribution in [0.5, 0.6) is 0 Å². The first-order valence-corrected chi connectivity index (χ1v) is 10.4. The molecule has 0 aromatic rings. The Morgan fingerprint density at radius 2 is 1.42 bits per heavy atom. The van der Waals surface area contributed by atoms with E-state index in [4.69, 9.17) is 35.3 Å². The minimum absolute atomic E-state index is 0.0185. The van der Waals surface area contributed by atoms with Crippen LogP contribution < -0.4 is 11.1 Å². The van der Waals surface area contributed by atoms with Gasteiger partial charge in [0.15, 0.2) is 0 Å². The van der Waals surface area contributed by atoms with Crippen LogP contribution in [0.4, 0.5) is 0 Å². The maximum atomic E-state index is 10.4. The fourth-order valence-electron chi connectivity index (χ4n) is 1.49. The van der Waals surface area contributed by atoms with Crippen LogP contribution in [0.2, 0.25) is 0 Å². The van der Waals surface area contributed by atoms with Gasteiger partial charge >= 0.3 is 0 Å². The zero-order valence-electron chi connectivity index (χ0n) is 14.0. The van der Waals surface area contributed by atoms with Crippen molar-refractivity contribution in [3.05, 3.63) is 0 Å². The molecule has 0 saturated carbocycles. The number of hydrogen-bond donors (Lipinski definition) is 9. The normalized spacial score (nSPS) is 15.1. The molecule has 0 aromatic carbocycles. The summed E-state index contributed by atoms with van der Waals surface area (Å²) in [5.74, 6) is -0.863. The molecular formula is C11H28N2O11S2. The van der Waals surface area contributed by atoms with E-state index in [-0.39, 0.29) is 26.1 Å². The minimum Gasteiger partial charge on any atom is -0.396 e. The lowest BCUT2D eigenvalue weighted by molar-refractivity contribution is 0.0342. The van der Waals surface area contributed by atoms with Crippen molar-refractivity contribution in [3.8, 4) is 0 Å². The largest absolute Gasteiger partial charge is 0.396 e. The Morgan fingerprint density at radius 1 is 0.962 bits per heavy atom. The molecule has 0 spiro atoms. The number of hydrogen-bond acceptors (Lipinski definition) is 11. The first-order chi connectivity index (χ1) is 11.8. The molecule has 2 atom stereocenters. The van der Waals surface area contributed by atoms with Gasteiger partial charge in [0.1, 0.15) is 11.0 Å². The lowest BCUT2D eigenvalue weighted by atomic mass is 10.0. The Morgan fingerprint density at radius 3 is 1.65 bits per heavy atom. The van der Waals surface area contributed by atoms with Gasteiger partial charge in [0.2, 0.25) is 0 Å². The molecule has 13 nitrogen and oxygen atoms in total. The highest BCUT2D eigenvalue weighted by molar-refractivity contribution is 7.86. The topological polar surface area (TPSA) is 248 Å². The molecule has 0 radical (unpaired) electrons. The summed E-state index contributed by atoms with van der Waals surface area (Å²) in [6, 6.07) is 0. The fourth-order valence-corrected chi connectivity index (χ4v) is 2.74. The van der Waals surface area contributed by atoms with Crippen LogP contribution in [-0.2, 0) is 20.2 Å². The van der Waals surface area contributed by atoms with Crippen LogP contribution in [0.1, 0.15) is 6.42 Å². The highest BCUT2D eigenvalue weighted by Gasteiger charge is 2.28. The molecule has 26 heavy (non-hydrogen) atoms. The first-order valence-electron chi connectivity index (χ1n) is 7.28. The lowest BCUT2D eigenvalue weighted by Crippen LogP contribution is -2.57. The maximum Gasteiger partial charge on any atom is 0.269 e. The Balaban J connectivity index is 0. The molecule has 0 aliphatic heterocycles. The van der Waals surface area contributed by atoms with Gasteiger partial charge in [-0.15, -0.1) is 0 Å². The van der Waals surface area contributed by atoms with Gasteiger partial charge in [0.25, 0.3) is 20.2 Å². The molecule has 0 saturated heterocycles. The maximum absolute atomic E-state index is 10.4. The smallest absolute Gasteiger partial charge is 0.269 e. The van der Waals surface area contributed by atoms with E-state index < -0.39 is 62.7 Å². The third-order valence-electron chi connectivity index (χ3n) is 3.16. The van der Waals surface area contributed by atoms with E-state index in [1.165, 1.54) is 0 Å². The molecule has 15 heteroatoms. The Kier molecular flexibility index (Phi) is 13.7. The summed E-state index contributed by atoms with van der Waals surface area (Å²) < 4.78 is 58.2. The van der Waals surface area contributed by atoms with Crippen molar-refractivity contribution in [2.24, 2.45) is 5.73 Å². The summed E-state index contributed by atoms with van der Waals surface area (Å²) >= 11 is 0. The number of nitrogens with one attached hydrogen (secondary N) is 1. The standard InChI is InChI=1S/C7H17NO7S.C4H11NO4S/c9-3-7(4-10,5-11)8-1-6(12)2-16(13,14)15;5-3-4(1-2-6)10(7,8)9/h6,8-12H,1-5H2,(H,13,14,15);4,6H,1-3,5H2,(H,7,8,9). The van der Waals surface area contributed by atoms with Gasteiger partial charge in [-0.2, -0.15) is 16.8 Å². The Bertz CT molecular complexity index is 554. The molecule has 2 unspecified atom stereocenters. The molecule has 160 valence electrons. The van der Waals surface area contributed by atoms with Gasteiger partial charge in [0, 0.05) is 19.7 Å². The van der Waals surface area contributed by atoms with Crippen LogP contribution in [0.25, 0.3) is 0 Å². The highest BCUT2D eigenvalue weighted by atomic mass is 32.2. The Labute approximate surface area is 152 Å². The van der Waals surface area contributed by atoms with E-state index in [0.717, 1.165) is 0 Å². The van der Waals surface area contributed by atoms with Crippen molar-refractivity contribution in [1.29, 1.82) is 0 Å². The van der Waals surface area contributed by atoms with Crippen molar-refractivity contribution in [2.75, 3.05) is 45.3 Å². The molecule has 0 aliphatic carbocycles. The van der Waals surface area contributed by atoms with Crippen LogP contribution in [-0.4, -0.2) is 114 Å². The number of β-amino-alcohol motifs (C(OH)–C–C–N with tert-alkyl or cyclic N) is 1. The lowest BCUT2D eigenvalue weighted by Gasteiger charge is -2.29. The monoisotopic (exact) mass is 428 g/mol. The molecule has 0 amide bonds. The number of rotatable bonds is 12. The minimum atomic E-state index is -4.29. The summed E-state index contributed by atoms with van der Waals surface area (Å²) in [6.07, 6.45) is -1.42. The van der Waals surface area contributed by atoms with Gasteiger partial charge in [-0.1, -0.05) is 0 Å². The van der Waals surface area contributed by atoms with Crippen LogP contribution >= 0.6 is 0 Å². The van der Waals surface area contributed by atoms with E-state index >= 15 is 0 Å². The van der Waals surface area contributed by atoms with Gasteiger partial charge in [-0.3, -0.25) is 9.11 Å².